The molecule has 2 unspecified atom stereocenters. The van der Waals surface area contributed by atoms with E-state index in [1.54, 1.807) is 0 Å². The van der Waals surface area contributed by atoms with Gasteiger partial charge in [-0.05, 0) is 0 Å². The molecule has 0 spiro atoms. The van der Waals surface area contributed by atoms with Crippen LogP contribution >= 0.6 is 0 Å². The Labute approximate surface area is 125 Å². The molecule has 3 heterocycles. The van der Waals surface area contributed by atoms with Crippen LogP contribution in [0.1, 0.15) is 12.8 Å². The van der Waals surface area contributed by atoms with Gasteiger partial charge in [0.2, 0.25) is 0 Å². The third-order valence-electron chi connectivity index (χ3n) is 4.03. The monoisotopic (exact) mass is 382 g/mol. The summed E-state index contributed by atoms with van der Waals surface area (Å²) < 4.78 is 9.88. The summed E-state index contributed by atoms with van der Waals surface area (Å²) in [5, 5.41) is 0. The number of ether oxygens (including phenoxy) is 1. The van der Waals surface area contributed by atoms with E-state index < -0.39 is 0 Å². The number of fused-ring (bicyclic) bond motifs is 2. The zero-order valence-corrected chi connectivity index (χ0v) is 13.6. The van der Waals surface area contributed by atoms with Crippen LogP contribution in [-0.2, 0) is 9.53 Å². The Morgan fingerprint density at radius 2 is 2.21 bits per heavy atom. The van der Waals surface area contributed by atoms with Crippen molar-refractivity contribution in [2.24, 2.45) is 5.92 Å². The number of quaternary nitrogens is 1. The van der Waals surface area contributed by atoms with Crippen molar-refractivity contribution in [3.05, 3.63) is 0 Å². The van der Waals surface area contributed by atoms with Gasteiger partial charge in [-0.3, -0.25) is 0 Å². The van der Waals surface area contributed by atoms with Gasteiger partial charge in [-0.1, -0.05) is 0 Å². The number of hydrogen-bond acceptors (Lipinski definition) is 5. The average Bonchev–Trinajstić information content (AvgIpc) is 2.38. The van der Waals surface area contributed by atoms with Gasteiger partial charge in [-0.25, -0.2) is 0 Å². The Balaban J connectivity index is 1.64. The number of nitrogens with one attached hydrogen (secondary N) is 1. The molecule has 0 amide bonds. The van der Waals surface area contributed by atoms with Crippen molar-refractivity contribution in [1.82, 2.24) is 13.3 Å². The van der Waals surface area contributed by atoms with E-state index in [0.717, 1.165) is 55.4 Å². The summed E-state index contributed by atoms with van der Waals surface area (Å²) in [7, 11) is 2.16. The van der Waals surface area contributed by atoms with E-state index in [2.05, 4.69) is 20.4 Å². The van der Waals surface area contributed by atoms with E-state index in [1.165, 1.54) is 0 Å². The molecule has 3 aliphatic heterocycles. The first-order valence-electron chi connectivity index (χ1n) is 6.93. The summed E-state index contributed by atoms with van der Waals surface area (Å²) in [5.74, 6) is 0.704. The second-order valence-electron chi connectivity index (χ2n) is 5.87. The van der Waals surface area contributed by atoms with Gasteiger partial charge in [0, 0.05) is 0 Å². The first-order valence-corrected chi connectivity index (χ1v) is 8.97. The Hall–Kier alpha value is 0.200. The maximum atomic E-state index is 12.5. The van der Waals surface area contributed by atoms with Crippen molar-refractivity contribution in [1.29, 1.82) is 0 Å². The predicted molar refractivity (Wildman–Crippen MR) is 65.9 cm³/mol. The second kappa shape index (κ2) is 5.90. The summed E-state index contributed by atoms with van der Waals surface area (Å²) in [6, 6.07) is 0. The fraction of sp³-hybridized carbons (Fsp3) is 0.917. The number of nitrogens with zero attached hydrogens (tertiary/aromatic N) is 3. The first-order chi connectivity index (χ1) is 9.17. The molecule has 3 aliphatic rings. The molecule has 2 bridgehead atoms. The zero-order chi connectivity index (χ0) is 13.3. The molecule has 110 valence electrons. The summed E-state index contributed by atoms with van der Waals surface area (Å²) in [6.07, 6.45) is 1.84. The zero-order valence-electron chi connectivity index (χ0n) is 11.5. The first kappa shape index (κ1) is 14.2. The maximum absolute atomic E-state index is 12.5. The van der Waals surface area contributed by atoms with Crippen molar-refractivity contribution in [2.45, 2.75) is 12.8 Å². The molecule has 7 heteroatoms. The summed E-state index contributed by atoms with van der Waals surface area (Å²) in [5.41, 5.74) is 0. The molecule has 1 N–H and O–H groups in total. The third-order valence-corrected chi connectivity index (χ3v) is 6.69. The minimum absolute atomic E-state index is 0.145. The van der Waals surface area contributed by atoms with E-state index >= 15 is 0 Å². The number of hydrogen-bond donors (Lipinski definition) is 1. The Bertz CT molecular complexity index is 347. The number of halogens is 1. The van der Waals surface area contributed by atoms with Crippen molar-refractivity contribution < 1.29 is 34.0 Å². The van der Waals surface area contributed by atoms with Gasteiger partial charge in [-0.15, -0.1) is 0 Å². The van der Waals surface area contributed by atoms with Gasteiger partial charge in [0.1, 0.15) is 0 Å². The molecule has 2 atom stereocenters. The Morgan fingerprint density at radius 3 is 3.00 bits per heavy atom. The molecule has 0 radical (unpaired) electrons. The standard InChI is InChI=1S/C12H23IN4O2/c1-15-8-16-7-14-13-17(9-15,10-16)6-12(18)11-2-4-19-5-3-11/h11,14H,2-10H2,1H3. The predicted octanol–water partition coefficient (Wildman–Crippen LogP) is -3.60. The molecule has 3 rings (SSSR count). The number of Topliss-reactive ketones (excluding diaryl/α,β-unsaturated/α-hetero) is 1. The average molecular weight is 382 g/mol. The van der Waals surface area contributed by atoms with Gasteiger partial charge in [0.15, 0.2) is 0 Å². The number of rotatable bonds is 3. The van der Waals surface area contributed by atoms with Gasteiger partial charge in [0.05, 0.1) is 0 Å². The van der Waals surface area contributed by atoms with Crippen LogP contribution in [0.15, 0.2) is 0 Å². The molecule has 6 nitrogen and oxygen atoms in total. The van der Waals surface area contributed by atoms with E-state index in [-0.39, 0.29) is 27.7 Å². The SMILES string of the molecule is CN1CN2CN[I-][N+](CC(=O)C3CCOCC3)(C1)C2. The van der Waals surface area contributed by atoms with Gasteiger partial charge >= 0.3 is 125 Å². The van der Waals surface area contributed by atoms with Crippen LogP contribution in [0.25, 0.3) is 0 Å². The molecule has 0 aromatic rings. The summed E-state index contributed by atoms with van der Waals surface area (Å²) in [6.45, 7) is 6.31. The number of carbonyl (C=O) groups excluding carboxylic acids is 1. The Morgan fingerprint density at radius 1 is 1.42 bits per heavy atom. The Kier molecular flexibility index (Phi) is 4.40. The van der Waals surface area contributed by atoms with Crippen molar-refractivity contribution in [2.75, 3.05) is 53.5 Å². The quantitative estimate of drug-likeness (QED) is 0.404. The van der Waals surface area contributed by atoms with Crippen molar-refractivity contribution >= 4 is 5.78 Å². The molecule has 0 aromatic carbocycles. The van der Waals surface area contributed by atoms with Crippen LogP contribution in [0.5, 0.6) is 0 Å². The van der Waals surface area contributed by atoms with E-state index in [0.29, 0.717) is 12.3 Å². The third kappa shape index (κ3) is 3.27. The van der Waals surface area contributed by atoms with Crippen LogP contribution in [-0.4, -0.2) is 71.8 Å². The molecule has 0 aromatic heterocycles. The number of ketones is 1. The van der Waals surface area contributed by atoms with Gasteiger partial charge in [-0.2, -0.15) is 0 Å². The number of carbonyl (C=O) groups is 1. The fourth-order valence-corrected chi connectivity index (χ4v) is 6.34. The summed E-state index contributed by atoms with van der Waals surface area (Å²) >= 11 is -0.145. The van der Waals surface area contributed by atoms with Crippen molar-refractivity contribution in [3.63, 3.8) is 0 Å². The van der Waals surface area contributed by atoms with Crippen LogP contribution in [0.2, 0.25) is 0 Å². The second-order valence-corrected chi connectivity index (χ2v) is 9.16. The minimum atomic E-state index is -0.145. The molecule has 3 saturated heterocycles. The molecular formula is C12H23IN4O2. The molecule has 19 heavy (non-hydrogen) atoms. The van der Waals surface area contributed by atoms with Crippen molar-refractivity contribution in [3.8, 4) is 0 Å². The van der Waals surface area contributed by atoms with E-state index in [9.17, 15) is 4.79 Å². The summed E-state index contributed by atoms with van der Waals surface area (Å²) in [4.78, 5) is 17.3. The molecule has 0 saturated carbocycles. The van der Waals surface area contributed by atoms with Crippen LogP contribution in [0.3, 0.4) is 0 Å². The van der Waals surface area contributed by atoms with Crippen LogP contribution in [0, 0.1) is 5.92 Å². The molecular weight excluding hydrogens is 359 g/mol. The van der Waals surface area contributed by atoms with Gasteiger partial charge < -0.3 is 0 Å². The molecule has 0 aliphatic carbocycles. The normalized spacial score (nSPS) is 37.6. The van der Waals surface area contributed by atoms with E-state index in [1.807, 2.05) is 0 Å². The topological polar surface area (TPSA) is 44.8 Å². The van der Waals surface area contributed by atoms with E-state index in [4.69, 9.17) is 4.74 Å². The van der Waals surface area contributed by atoms with Crippen LogP contribution in [0.4, 0.5) is 0 Å². The van der Waals surface area contributed by atoms with Gasteiger partial charge in [0.25, 0.3) is 0 Å². The van der Waals surface area contributed by atoms with Crippen LogP contribution < -0.4 is 25.3 Å². The molecule has 3 fully saturated rings. The fourth-order valence-electron chi connectivity index (χ4n) is 3.22.